The average Bonchev–Trinajstić information content (AvgIpc) is 3.23. The fourth-order valence-corrected chi connectivity index (χ4v) is 7.72. The van der Waals surface area contributed by atoms with E-state index in [9.17, 15) is 0 Å². The predicted molar refractivity (Wildman–Crippen MR) is 214 cm³/mol. The number of aromatic nitrogens is 4. The van der Waals surface area contributed by atoms with Crippen LogP contribution in [0.25, 0.3) is 99.1 Å². The lowest BCUT2D eigenvalue weighted by atomic mass is 9.83. The molecule has 0 bridgehead atoms. The van der Waals surface area contributed by atoms with Gasteiger partial charge in [0, 0.05) is 49.6 Å². The second-order valence-corrected chi connectivity index (χ2v) is 13.2. The van der Waals surface area contributed by atoms with Crippen LogP contribution in [0.1, 0.15) is 0 Å². The summed E-state index contributed by atoms with van der Waals surface area (Å²) in [4.78, 5) is 17.2. The molecule has 0 saturated carbocycles. The van der Waals surface area contributed by atoms with Crippen molar-refractivity contribution < 1.29 is 0 Å². The van der Waals surface area contributed by atoms with Crippen molar-refractivity contribution >= 4 is 32.3 Å². The molecule has 0 aliphatic rings. The first kappa shape index (κ1) is 29.8. The molecule has 0 saturated heterocycles. The van der Waals surface area contributed by atoms with E-state index in [1.54, 1.807) is 0 Å². The van der Waals surface area contributed by atoms with Gasteiger partial charge in [-0.15, -0.1) is 0 Å². The summed E-state index contributed by atoms with van der Waals surface area (Å²) in [6.45, 7) is 0. The number of hydrogen-bond acceptors (Lipinski definition) is 4. The van der Waals surface area contributed by atoms with Crippen molar-refractivity contribution in [1.29, 1.82) is 0 Å². The first-order valence-electron chi connectivity index (χ1n) is 17.4. The minimum atomic E-state index is 1.12. The molecular formula is C48H30N4. The van der Waals surface area contributed by atoms with Crippen molar-refractivity contribution in [2.75, 3.05) is 0 Å². The van der Waals surface area contributed by atoms with Gasteiger partial charge in [-0.05, 0) is 190 Å². The molecule has 10 aromatic rings. The minimum absolute atomic E-state index is 1.12. The Kier molecular flexibility index (Phi) is 7.10. The number of nitrogens with zero attached hydrogens (tertiary/aromatic N) is 4. The molecule has 4 heteroatoms. The van der Waals surface area contributed by atoms with Crippen LogP contribution in [-0.2, 0) is 0 Å². The zero-order valence-corrected chi connectivity index (χ0v) is 28.1. The summed E-state index contributed by atoms with van der Waals surface area (Å²) in [7, 11) is 0. The molecule has 242 valence electrons. The van der Waals surface area contributed by atoms with Gasteiger partial charge in [-0.1, -0.05) is 42.5 Å². The highest BCUT2D eigenvalue weighted by Gasteiger charge is 2.19. The summed E-state index contributed by atoms with van der Waals surface area (Å²) in [6.07, 6.45) is 14.9. The lowest BCUT2D eigenvalue weighted by Gasteiger charge is -2.20. The molecule has 0 aliphatic heterocycles. The maximum atomic E-state index is 4.31. The van der Waals surface area contributed by atoms with E-state index in [1.807, 2.05) is 49.6 Å². The Hall–Kier alpha value is -7.04. The molecule has 52 heavy (non-hydrogen) atoms. The molecule has 6 aromatic carbocycles. The Labute approximate surface area is 301 Å². The molecule has 0 unspecified atom stereocenters. The van der Waals surface area contributed by atoms with E-state index in [-0.39, 0.29) is 0 Å². The first-order chi connectivity index (χ1) is 25.8. The van der Waals surface area contributed by atoms with Crippen LogP contribution in [0.15, 0.2) is 183 Å². The lowest BCUT2D eigenvalue weighted by molar-refractivity contribution is 1.33. The third-order valence-corrected chi connectivity index (χ3v) is 10.2. The summed E-state index contributed by atoms with van der Waals surface area (Å²) in [6, 6.07) is 48.7. The van der Waals surface area contributed by atoms with Gasteiger partial charge in [-0.3, -0.25) is 19.9 Å². The molecule has 0 fully saturated rings. The van der Waals surface area contributed by atoms with Gasteiger partial charge in [0.2, 0.25) is 0 Å². The number of benzene rings is 6. The van der Waals surface area contributed by atoms with Crippen LogP contribution in [0.2, 0.25) is 0 Å². The Morgan fingerprint density at radius 2 is 0.577 bits per heavy atom. The smallest absolute Gasteiger partial charge is 0.0273 e. The van der Waals surface area contributed by atoms with Crippen LogP contribution in [0.5, 0.6) is 0 Å². The monoisotopic (exact) mass is 662 g/mol. The molecule has 4 nitrogen and oxygen atoms in total. The molecule has 10 rings (SSSR count). The maximum absolute atomic E-state index is 4.31. The SMILES string of the molecule is c1cc2ccc3c(-c4cc(-c5ccncc5)cc(-c5ccncc5)c4)cc(-c4cc(-c5ccncc5)cc(-c5ccncc5)c4)c4ccc(c1)c2c34. The van der Waals surface area contributed by atoms with Gasteiger partial charge in [-0.2, -0.15) is 0 Å². The molecule has 4 heterocycles. The maximum Gasteiger partial charge on any atom is 0.0273 e. The van der Waals surface area contributed by atoms with Crippen LogP contribution >= 0.6 is 0 Å². The average molecular weight is 663 g/mol. The van der Waals surface area contributed by atoms with E-state index in [4.69, 9.17) is 0 Å². The van der Waals surface area contributed by atoms with Gasteiger partial charge in [0.25, 0.3) is 0 Å². The predicted octanol–water partition coefficient (Wildman–Crippen LogP) is 12.2. The Balaban J connectivity index is 1.31. The molecule has 0 N–H and O–H groups in total. The third-order valence-electron chi connectivity index (χ3n) is 10.2. The molecule has 4 aromatic heterocycles. The normalized spacial score (nSPS) is 11.5. The van der Waals surface area contributed by atoms with Gasteiger partial charge in [0.05, 0.1) is 0 Å². The summed E-state index contributed by atoms with van der Waals surface area (Å²) in [5.41, 5.74) is 13.7. The van der Waals surface area contributed by atoms with Gasteiger partial charge in [0.15, 0.2) is 0 Å². The van der Waals surface area contributed by atoms with Gasteiger partial charge >= 0.3 is 0 Å². The Bertz CT molecular complexity index is 2570. The molecule has 0 radical (unpaired) electrons. The zero-order valence-electron chi connectivity index (χ0n) is 28.1. The molecule has 0 aliphatic carbocycles. The van der Waals surface area contributed by atoms with Crippen LogP contribution < -0.4 is 0 Å². The Morgan fingerprint density at radius 1 is 0.250 bits per heavy atom. The summed E-state index contributed by atoms with van der Waals surface area (Å²) in [5, 5.41) is 7.52. The first-order valence-corrected chi connectivity index (χ1v) is 17.4. The summed E-state index contributed by atoms with van der Waals surface area (Å²) < 4.78 is 0. The van der Waals surface area contributed by atoms with E-state index in [0.29, 0.717) is 0 Å². The van der Waals surface area contributed by atoms with Crippen LogP contribution in [0.3, 0.4) is 0 Å². The van der Waals surface area contributed by atoms with Crippen molar-refractivity contribution in [2.45, 2.75) is 0 Å². The van der Waals surface area contributed by atoms with Crippen LogP contribution in [0.4, 0.5) is 0 Å². The van der Waals surface area contributed by atoms with Crippen molar-refractivity contribution in [3.05, 3.63) is 183 Å². The van der Waals surface area contributed by atoms with E-state index < -0.39 is 0 Å². The topological polar surface area (TPSA) is 51.6 Å². The highest BCUT2D eigenvalue weighted by atomic mass is 14.6. The van der Waals surface area contributed by atoms with Crippen molar-refractivity contribution in [3.8, 4) is 66.8 Å². The fraction of sp³-hybridized carbons (Fsp3) is 0. The largest absolute Gasteiger partial charge is 0.265 e. The van der Waals surface area contributed by atoms with Gasteiger partial charge < -0.3 is 0 Å². The summed E-state index contributed by atoms with van der Waals surface area (Å²) in [5.74, 6) is 0. The number of hydrogen-bond donors (Lipinski definition) is 0. The highest BCUT2D eigenvalue weighted by molar-refractivity contribution is 6.28. The van der Waals surface area contributed by atoms with E-state index in [2.05, 4.69) is 153 Å². The molecular weight excluding hydrogens is 633 g/mol. The molecule has 0 atom stereocenters. The van der Waals surface area contributed by atoms with Gasteiger partial charge in [0.1, 0.15) is 0 Å². The van der Waals surface area contributed by atoms with E-state index in [0.717, 1.165) is 55.6 Å². The van der Waals surface area contributed by atoms with Crippen molar-refractivity contribution in [3.63, 3.8) is 0 Å². The van der Waals surface area contributed by atoms with Crippen molar-refractivity contribution in [2.24, 2.45) is 0 Å². The molecule has 0 amide bonds. The standard InChI is InChI=1S/C48H30N4/c1-2-35-4-6-43-45(41-26-37(31-8-16-49-17-9-31)24-38(27-41)32-10-18-50-19-11-32)30-46(44-7-5-36(3-1)47(35)48(43)44)42-28-39(33-12-20-51-21-13-33)25-40(29-42)34-14-22-52-23-15-34/h1-30H. The van der Waals surface area contributed by atoms with E-state index >= 15 is 0 Å². The second kappa shape index (κ2) is 12.4. The Morgan fingerprint density at radius 3 is 0.923 bits per heavy atom. The number of pyridine rings is 4. The van der Waals surface area contributed by atoms with Crippen LogP contribution in [-0.4, -0.2) is 19.9 Å². The quantitative estimate of drug-likeness (QED) is 0.166. The fourth-order valence-electron chi connectivity index (χ4n) is 7.72. The van der Waals surface area contributed by atoms with Crippen LogP contribution in [0, 0.1) is 0 Å². The third kappa shape index (κ3) is 5.17. The second-order valence-electron chi connectivity index (χ2n) is 13.2. The number of rotatable bonds is 6. The van der Waals surface area contributed by atoms with E-state index in [1.165, 1.54) is 43.4 Å². The molecule has 0 spiro atoms. The zero-order chi connectivity index (χ0) is 34.4. The summed E-state index contributed by atoms with van der Waals surface area (Å²) >= 11 is 0. The van der Waals surface area contributed by atoms with Crippen molar-refractivity contribution in [1.82, 2.24) is 19.9 Å². The minimum Gasteiger partial charge on any atom is -0.265 e. The van der Waals surface area contributed by atoms with Gasteiger partial charge in [-0.25, -0.2) is 0 Å². The lowest BCUT2D eigenvalue weighted by Crippen LogP contribution is -1.93. The highest BCUT2D eigenvalue weighted by Crippen LogP contribution is 2.46.